The van der Waals surface area contributed by atoms with E-state index in [1.54, 1.807) is 18.0 Å². The largest absolute Gasteiger partial charge is 0.375 e. The van der Waals surface area contributed by atoms with Gasteiger partial charge in [-0.05, 0) is 35.4 Å². The molecule has 25 heavy (non-hydrogen) atoms. The zero-order chi connectivity index (χ0) is 17.5. The third kappa shape index (κ3) is 6.70. The number of halogens is 3. The summed E-state index contributed by atoms with van der Waals surface area (Å²) in [7, 11) is 5.34. The van der Waals surface area contributed by atoms with E-state index >= 15 is 0 Å². The van der Waals surface area contributed by atoms with Crippen LogP contribution < -0.4 is 15.5 Å². The highest BCUT2D eigenvalue weighted by molar-refractivity contribution is 14.0. The van der Waals surface area contributed by atoms with Gasteiger partial charge < -0.3 is 15.5 Å². The molecule has 0 aliphatic carbocycles. The summed E-state index contributed by atoms with van der Waals surface area (Å²) in [4.78, 5) is 5.92. The Labute approximate surface area is 170 Å². The molecule has 0 aromatic heterocycles. The molecular formula is C18H23ClFIN4. The van der Waals surface area contributed by atoms with Crippen LogP contribution in [0.25, 0.3) is 0 Å². The number of hydrogen-bond acceptors (Lipinski definition) is 2. The molecule has 0 unspecified atom stereocenters. The first-order chi connectivity index (χ1) is 11.5. The molecule has 0 bridgehead atoms. The van der Waals surface area contributed by atoms with Crippen LogP contribution in [0.1, 0.15) is 11.1 Å². The summed E-state index contributed by atoms with van der Waals surface area (Å²) < 4.78 is 14.0. The fourth-order valence-corrected chi connectivity index (χ4v) is 2.34. The molecule has 2 aromatic rings. The molecule has 0 amide bonds. The molecule has 7 heteroatoms. The molecule has 0 heterocycles. The van der Waals surface area contributed by atoms with Crippen LogP contribution in [0.15, 0.2) is 47.5 Å². The second-order valence-corrected chi connectivity index (χ2v) is 6.02. The molecular weight excluding hydrogens is 454 g/mol. The van der Waals surface area contributed by atoms with E-state index in [9.17, 15) is 4.39 Å². The van der Waals surface area contributed by atoms with Crippen molar-refractivity contribution in [3.8, 4) is 0 Å². The second-order valence-electron chi connectivity index (χ2n) is 5.59. The molecule has 0 saturated heterocycles. The van der Waals surface area contributed by atoms with E-state index in [1.165, 1.54) is 6.07 Å². The predicted octanol–water partition coefficient (Wildman–Crippen LogP) is 4.03. The van der Waals surface area contributed by atoms with Crippen molar-refractivity contribution in [3.63, 3.8) is 0 Å². The highest BCUT2D eigenvalue weighted by Crippen LogP contribution is 2.18. The van der Waals surface area contributed by atoms with Crippen molar-refractivity contribution in [1.29, 1.82) is 0 Å². The van der Waals surface area contributed by atoms with Gasteiger partial charge >= 0.3 is 0 Å². The van der Waals surface area contributed by atoms with Crippen LogP contribution in [0, 0.1) is 5.82 Å². The van der Waals surface area contributed by atoms with Crippen molar-refractivity contribution < 1.29 is 4.39 Å². The summed E-state index contributed by atoms with van der Waals surface area (Å²) in [5.74, 6) is 0.422. The van der Waals surface area contributed by atoms with E-state index in [-0.39, 0.29) is 29.8 Å². The molecule has 0 saturated carbocycles. The minimum atomic E-state index is -0.233. The van der Waals surface area contributed by atoms with Crippen molar-refractivity contribution in [1.82, 2.24) is 10.6 Å². The van der Waals surface area contributed by atoms with Gasteiger partial charge in [-0.3, -0.25) is 4.99 Å². The summed E-state index contributed by atoms with van der Waals surface area (Å²) >= 11 is 5.87. The molecule has 2 N–H and O–H groups in total. The molecule has 0 aliphatic heterocycles. The number of nitrogens with zero attached hydrogens (tertiary/aromatic N) is 2. The van der Waals surface area contributed by atoms with E-state index in [0.717, 1.165) is 11.1 Å². The fraction of sp³-hybridized carbons (Fsp3) is 0.278. The second kappa shape index (κ2) is 10.5. The predicted molar refractivity (Wildman–Crippen MR) is 115 cm³/mol. The highest BCUT2D eigenvalue weighted by atomic mass is 127. The van der Waals surface area contributed by atoms with E-state index in [4.69, 9.17) is 11.6 Å². The summed E-state index contributed by atoms with van der Waals surface area (Å²) in [6.07, 6.45) is 0. The van der Waals surface area contributed by atoms with Gasteiger partial charge in [0.2, 0.25) is 0 Å². The lowest BCUT2D eigenvalue weighted by Crippen LogP contribution is -2.36. The van der Waals surface area contributed by atoms with Crippen LogP contribution in [0.5, 0.6) is 0 Å². The smallest absolute Gasteiger partial charge is 0.191 e. The Morgan fingerprint density at radius 2 is 1.60 bits per heavy atom. The molecule has 4 nitrogen and oxygen atoms in total. The third-order valence-electron chi connectivity index (χ3n) is 3.55. The molecule has 0 aliphatic rings. The van der Waals surface area contributed by atoms with Crippen LogP contribution in [-0.2, 0) is 13.1 Å². The number of benzene rings is 2. The molecule has 2 aromatic carbocycles. The van der Waals surface area contributed by atoms with Gasteiger partial charge in [0.25, 0.3) is 0 Å². The quantitative estimate of drug-likeness (QED) is 0.389. The molecule has 0 spiro atoms. The van der Waals surface area contributed by atoms with Crippen LogP contribution in [0.2, 0.25) is 5.02 Å². The molecule has 136 valence electrons. The number of anilines is 1. The van der Waals surface area contributed by atoms with Gasteiger partial charge in [0.1, 0.15) is 5.82 Å². The Morgan fingerprint density at radius 1 is 1.04 bits per heavy atom. The van der Waals surface area contributed by atoms with Crippen molar-refractivity contribution in [2.24, 2.45) is 4.99 Å². The van der Waals surface area contributed by atoms with Gasteiger partial charge in [-0.25, -0.2) is 4.39 Å². The maximum atomic E-state index is 14.0. The Bertz CT molecular complexity index is 705. The fourth-order valence-electron chi connectivity index (χ4n) is 2.22. The molecule has 2 rings (SSSR count). The van der Waals surface area contributed by atoms with Gasteiger partial charge in [0.05, 0.1) is 5.69 Å². The summed E-state index contributed by atoms with van der Waals surface area (Å²) in [5.41, 5.74) is 2.53. The van der Waals surface area contributed by atoms with E-state index < -0.39 is 0 Å². The minimum Gasteiger partial charge on any atom is -0.375 e. The van der Waals surface area contributed by atoms with Crippen LogP contribution in [0.4, 0.5) is 10.1 Å². The van der Waals surface area contributed by atoms with Gasteiger partial charge in [-0.15, -0.1) is 24.0 Å². The van der Waals surface area contributed by atoms with Crippen molar-refractivity contribution in [3.05, 3.63) is 64.4 Å². The van der Waals surface area contributed by atoms with Crippen LogP contribution in [0.3, 0.4) is 0 Å². The zero-order valence-corrected chi connectivity index (χ0v) is 17.6. The molecule has 0 atom stereocenters. The first-order valence-corrected chi connectivity index (χ1v) is 8.02. The minimum absolute atomic E-state index is 0. The van der Waals surface area contributed by atoms with Crippen LogP contribution >= 0.6 is 35.6 Å². The maximum absolute atomic E-state index is 14.0. The van der Waals surface area contributed by atoms with Crippen molar-refractivity contribution >= 4 is 47.2 Å². The topological polar surface area (TPSA) is 39.7 Å². The molecule has 0 radical (unpaired) electrons. The van der Waals surface area contributed by atoms with E-state index in [0.29, 0.717) is 29.8 Å². The number of aliphatic imine (C=N–C) groups is 1. The van der Waals surface area contributed by atoms with Crippen molar-refractivity contribution in [2.45, 2.75) is 13.1 Å². The highest BCUT2D eigenvalue weighted by Gasteiger charge is 2.06. The standard InChI is InChI=1S/C18H22ClFN4.HI/c1-21-18(22-11-13-4-7-15(19)8-5-13)23-12-14-6-9-17(24(2)3)16(20)10-14;/h4-10H,11-12H2,1-3H3,(H2,21,22,23);1H. The number of nitrogens with one attached hydrogen (secondary N) is 2. The zero-order valence-electron chi connectivity index (χ0n) is 14.5. The summed E-state index contributed by atoms with van der Waals surface area (Å²) in [6, 6.07) is 12.8. The number of guanidine groups is 1. The average Bonchev–Trinajstić information content (AvgIpc) is 2.56. The lowest BCUT2D eigenvalue weighted by molar-refractivity contribution is 0.623. The maximum Gasteiger partial charge on any atom is 0.191 e. The number of rotatable bonds is 5. The van der Waals surface area contributed by atoms with E-state index in [1.807, 2.05) is 44.4 Å². The third-order valence-corrected chi connectivity index (χ3v) is 3.80. The Morgan fingerprint density at radius 3 is 2.12 bits per heavy atom. The monoisotopic (exact) mass is 476 g/mol. The summed E-state index contributed by atoms with van der Waals surface area (Å²) in [5, 5.41) is 7.10. The lowest BCUT2D eigenvalue weighted by Gasteiger charge is -2.15. The summed E-state index contributed by atoms with van der Waals surface area (Å²) in [6.45, 7) is 1.12. The van der Waals surface area contributed by atoms with Gasteiger partial charge in [0, 0.05) is 39.3 Å². The van der Waals surface area contributed by atoms with Crippen molar-refractivity contribution in [2.75, 3.05) is 26.0 Å². The Hall–Kier alpha value is -1.54. The van der Waals surface area contributed by atoms with Gasteiger partial charge in [-0.1, -0.05) is 29.8 Å². The number of hydrogen-bond donors (Lipinski definition) is 2. The van der Waals surface area contributed by atoms with Crippen LogP contribution in [-0.4, -0.2) is 27.1 Å². The SMILES string of the molecule is CN=C(NCc1ccc(Cl)cc1)NCc1ccc(N(C)C)c(F)c1.I. The normalized spacial score (nSPS) is 10.8. The average molecular weight is 477 g/mol. The Balaban J connectivity index is 0.00000312. The van der Waals surface area contributed by atoms with Gasteiger partial charge in [0.15, 0.2) is 5.96 Å². The first kappa shape index (κ1) is 21.5. The van der Waals surface area contributed by atoms with Gasteiger partial charge in [-0.2, -0.15) is 0 Å². The first-order valence-electron chi connectivity index (χ1n) is 7.64. The molecule has 0 fully saturated rings. The van der Waals surface area contributed by atoms with E-state index in [2.05, 4.69) is 15.6 Å². The lowest BCUT2D eigenvalue weighted by atomic mass is 10.2. The Kier molecular flexibility index (Phi) is 8.99.